The van der Waals surface area contributed by atoms with Crippen molar-refractivity contribution in [3.63, 3.8) is 0 Å². The molecule has 2 aromatic rings. The molecule has 0 aliphatic heterocycles. The maximum Gasteiger partial charge on any atom is 0.125 e. The highest BCUT2D eigenvalue weighted by molar-refractivity contribution is 5.83. The van der Waals surface area contributed by atoms with E-state index in [1.165, 1.54) is 17.7 Å². The molecule has 0 saturated carbocycles. The third-order valence-electron chi connectivity index (χ3n) is 2.56. The molecule has 0 radical (unpaired) electrons. The Labute approximate surface area is 88.7 Å². The first-order valence-electron chi connectivity index (χ1n) is 5.07. The highest BCUT2D eigenvalue weighted by Crippen LogP contribution is 2.19. The second-order valence-corrected chi connectivity index (χ2v) is 4.06. The zero-order chi connectivity index (χ0) is 10.8. The minimum absolute atomic E-state index is 0.191. The van der Waals surface area contributed by atoms with Crippen LogP contribution in [-0.2, 0) is 6.42 Å². The summed E-state index contributed by atoms with van der Waals surface area (Å²) in [6, 6.07) is 4.88. The van der Waals surface area contributed by atoms with E-state index in [0.29, 0.717) is 0 Å². The van der Waals surface area contributed by atoms with Gasteiger partial charge in [-0.25, -0.2) is 4.39 Å². The summed E-state index contributed by atoms with van der Waals surface area (Å²) in [4.78, 5) is 5.24. The number of halogens is 1. The van der Waals surface area contributed by atoms with E-state index in [1.807, 2.05) is 12.3 Å². The Morgan fingerprint density at radius 1 is 1.33 bits per heavy atom. The monoisotopic (exact) mass is 206 g/mol. The SMILES string of the molecule is CN(C)CCc1c[nH]c2cc(F)ccc12. The van der Waals surface area contributed by atoms with Gasteiger partial charge < -0.3 is 9.88 Å². The van der Waals surface area contributed by atoms with E-state index in [9.17, 15) is 4.39 Å². The van der Waals surface area contributed by atoms with Crippen LogP contribution in [0.25, 0.3) is 10.9 Å². The van der Waals surface area contributed by atoms with Gasteiger partial charge in [0.05, 0.1) is 0 Å². The zero-order valence-corrected chi connectivity index (χ0v) is 9.05. The second-order valence-electron chi connectivity index (χ2n) is 4.06. The van der Waals surface area contributed by atoms with E-state index < -0.39 is 0 Å². The molecular weight excluding hydrogens is 191 g/mol. The molecule has 1 aromatic carbocycles. The largest absolute Gasteiger partial charge is 0.361 e. The summed E-state index contributed by atoms with van der Waals surface area (Å²) in [6.45, 7) is 1.00. The van der Waals surface area contributed by atoms with Gasteiger partial charge in [-0.15, -0.1) is 0 Å². The van der Waals surface area contributed by atoms with Crippen molar-refractivity contribution >= 4 is 10.9 Å². The van der Waals surface area contributed by atoms with Crippen LogP contribution in [0.3, 0.4) is 0 Å². The number of fused-ring (bicyclic) bond motifs is 1. The number of H-pyrrole nitrogens is 1. The predicted octanol–water partition coefficient (Wildman–Crippen LogP) is 2.41. The van der Waals surface area contributed by atoms with Gasteiger partial charge in [-0.1, -0.05) is 0 Å². The van der Waals surface area contributed by atoms with Crippen molar-refractivity contribution in [1.82, 2.24) is 9.88 Å². The van der Waals surface area contributed by atoms with Gasteiger partial charge in [0.1, 0.15) is 5.82 Å². The number of nitrogens with zero attached hydrogens (tertiary/aromatic N) is 1. The average Bonchev–Trinajstić information content (AvgIpc) is 2.57. The number of hydrogen-bond donors (Lipinski definition) is 1. The number of aromatic nitrogens is 1. The van der Waals surface area contributed by atoms with Gasteiger partial charge in [-0.05, 0) is 44.3 Å². The molecule has 3 heteroatoms. The molecule has 0 amide bonds. The minimum atomic E-state index is -0.191. The fourth-order valence-corrected chi connectivity index (χ4v) is 1.71. The summed E-state index contributed by atoms with van der Waals surface area (Å²) >= 11 is 0. The Hall–Kier alpha value is -1.35. The lowest BCUT2D eigenvalue weighted by Gasteiger charge is -2.07. The number of benzene rings is 1. The molecule has 80 valence electrons. The molecule has 0 unspecified atom stereocenters. The van der Waals surface area contributed by atoms with Crippen molar-refractivity contribution < 1.29 is 4.39 Å². The summed E-state index contributed by atoms with van der Waals surface area (Å²) in [5, 5.41) is 1.12. The minimum Gasteiger partial charge on any atom is -0.361 e. The Morgan fingerprint density at radius 2 is 2.13 bits per heavy atom. The fraction of sp³-hybridized carbons (Fsp3) is 0.333. The Balaban J connectivity index is 2.29. The van der Waals surface area contributed by atoms with Crippen LogP contribution in [0.2, 0.25) is 0 Å². The Kier molecular flexibility index (Phi) is 2.73. The van der Waals surface area contributed by atoms with Crippen molar-refractivity contribution in [3.8, 4) is 0 Å². The number of nitrogens with one attached hydrogen (secondary N) is 1. The molecule has 0 aliphatic carbocycles. The summed E-state index contributed by atoms with van der Waals surface area (Å²) in [5.74, 6) is -0.191. The molecule has 1 heterocycles. The van der Waals surface area contributed by atoms with Crippen LogP contribution in [0.1, 0.15) is 5.56 Å². The average molecular weight is 206 g/mol. The Bertz CT molecular complexity index is 460. The molecule has 0 fully saturated rings. The van der Waals surface area contributed by atoms with Gasteiger partial charge in [0.2, 0.25) is 0 Å². The van der Waals surface area contributed by atoms with Crippen LogP contribution >= 0.6 is 0 Å². The van der Waals surface area contributed by atoms with Gasteiger partial charge in [0.25, 0.3) is 0 Å². The molecule has 0 spiro atoms. The first kappa shape index (κ1) is 10.2. The third kappa shape index (κ3) is 2.18. The highest BCUT2D eigenvalue weighted by atomic mass is 19.1. The number of likely N-dealkylation sites (N-methyl/N-ethyl adjacent to an activating group) is 1. The van der Waals surface area contributed by atoms with Gasteiger partial charge in [-0.2, -0.15) is 0 Å². The maximum absolute atomic E-state index is 12.9. The van der Waals surface area contributed by atoms with E-state index in [0.717, 1.165) is 23.9 Å². The maximum atomic E-state index is 12.9. The molecule has 0 bridgehead atoms. The van der Waals surface area contributed by atoms with E-state index in [2.05, 4.69) is 24.0 Å². The van der Waals surface area contributed by atoms with E-state index >= 15 is 0 Å². The van der Waals surface area contributed by atoms with Crippen LogP contribution in [0.5, 0.6) is 0 Å². The predicted molar refractivity (Wildman–Crippen MR) is 60.5 cm³/mol. The first-order chi connectivity index (χ1) is 7.16. The van der Waals surface area contributed by atoms with Gasteiger partial charge in [0, 0.05) is 23.6 Å². The summed E-state index contributed by atoms with van der Waals surface area (Å²) in [7, 11) is 4.10. The summed E-state index contributed by atoms with van der Waals surface area (Å²) < 4.78 is 12.9. The van der Waals surface area contributed by atoms with Crippen LogP contribution in [0.4, 0.5) is 4.39 Å². The standard InChI is InChI=1S/C12H15FN2/c1-15(2)6-5-9-8-14-12-7-10(13)3-4-11(9)12/h3-4,7-8,14H,5-6H2,1-2H3. The van der Waals surface area contributed by atoms with Gasteiger partial charge >= 0.3 is 0 Å². The lowest BCUT2D eigenvalue weighted by molar-refractivity contribution is 0.414. The van der Waals surface area contributed by atoms with E-state index in [4.69, 9.17) is 0 Å². The lowest BCUT2D eigenvalue weighted by Crippen LogP contribution is -2.14. The van der Waals surface area contributed by atoms with E-state index in [1.54, 1.807) is 0 Å². The fourth-order valence-electron chi connectivity index (χ4n) is 1.71. The van der Waals surface area contributed by atoms with Gasteiger partial charge in [0.15, 0.2) is 0 Å². The molecule has 1 N–H and O–H groups in total. The summed E-state index contributed by atoms with van der Waals surface area (Å²) in [6.07, 6.45) is 2.95. The number of hydrogen-bond acceptors (Lipinski definition) is 1. The second kappa shape index (κ2) is 4.03. The number of aromatic amines is 1. The summed E-state index contributed by atoms with van der Waals surface area (Å²) in [5.41, 5.74) is 2.13. The van der Waals surface area contributed by atoms with Crippen molar-refractivity contribution in [2.75, 3.05) is 20.6 Å². The molecular formula is C12H15FN2. The smallest absolute Gasteiger partial charge is 0.125 e. The molecule has 0 saturated heterocycles. The Morgan fingerprint density at radius 3 is 2.87 bits per heavy atom. The molecule has 2 rings (SSSR count). The van der Waals surface area contributed by atoms with Crippen molar-refractivity contribution in [2.45, 2.75) is 6.42 Å². The molecule has 15 heavy (non-hydrogen) atoms. The molecule has 2 nitrogen and oxygen atoms in total. The first-order valence-corrected chi connectivity index (χ1v) is 5.07. The van der Waals surface area contributed by atoms with Crippen LogP contribution in [-0.4, -0.2) is 30.5 Å². The highest BCUT2D eigenvalue weighted by Gasteiger charge is 2.04. The molecule has 1 aromatic heterocycles. The van der Waals surface area contributed by atoms with Crippen LogP contribution < -0.4 is 0 Å². The van der Waals surface area contributed by atoms with Crippen molar-refractivity contribution in [2.24, 2.45) is 0 Å². The zero-order valence-electron chi connectivity index (χ0n) is 9.05. The van der Waals surface area contributed by atoms with Gasteiger partial charge in [-0.3, -0.25) is 0 Å². The van der Waals surface area contributed by atoms with Crippen molar-refractivity contribution in [3.05, 3.63) is 35.8 Å². The van der Waals surface area contributed by atoms with Crippen LogP contribution in [0.15, 0.2) is 24.4 Å². The van der Waals surface area contributed by atoms with Crippen LogP contribution in [0, 0.1) is 5.82 Å². The lowest BCUT2D eigenvalue weighted by atomic mass is 10.1. The molecule has 0 atom stereocenters. The third-order valence-corrected chi connectivity index (χ3v) is 2.56. The van der Waals surface area contributed by atoms with E-state index in [-0.39, 0.29) is 5.82 Å². The molecule has 0 aliphatic rings. The normalized spacial score (nSPS) is 11.5. The van der Waals surface area contributed by atoms with Crippen molar-refractivity contribution in [1.29, 1.82) is 0 Å². The number of rotatable bonds is 3. The quantitative estimate of drug-likeness (QED) is 0.817. The topological polar surface area (TPSA) is 19.0 Å².